The Hall–Kier alpha value is -0.590. The SMILES string of the molecule is CCC(C)=CC(C)C(C)CCC(=N)C(C)CC. The summed E-state index contributed by atoms with van der Waals surface area (Å²) in [4.78, 5) is 0. The number of rotatable bonds is 8. The zero-order chi connectivity index (χ0) is 13.4. The zero-order valence-corrected chi connectivity index (χ0v) is 12.6. The molecule has 0 fully saturated rings. The van der Waals surface area contributed by atoms with E-state index >= 15 is 0 Å². The van der Waals surface area contributed by atoms with Crippen LogP contribution in [0.2, 0.25) is 0 Å². The molecule has 1 N–H and O–H groups in total. The predicted octanol–water partition coefficient (Wildman–Crippen LogP) is 5.46. The van der Waals surface area contributed by atoms with Crippen LogP contribution in [0.3, 0.4) is 0 Å². The van der Waals surface area contributed by atoms with Crippen LogP contribution < -0.4 is 0 Å². The first-order valence-electron chi connectivity index (χ1n) is 7.16. The van der Waals surface area contributed by atoms with E-state index in [-0.39, 0.29) is 0 Å². The largest absolute Gasteiger partial charge is 0.309 e. The van der Waals surface area contributed by atoms with Crippen molar-refractivity contribution >= 4 is 5.71 Å². The molecule has 100 valence electrons. The van der Waals surface area contributed by atoms with E-state index in [1.54, 1.807) is 0 Å². The van der Waals surface area contributed by atoms with E-state index in [0.29, 0.717) is 17.8 Å². The van der Waals surface area contributed by atoms with E-state index in [2.05, 4.69) is 47.6 Å². The Kier molecular flexibility index (Phi) is 8.20. The molecule has 0 rings (SSSR count). The van der Waals surface area contributed by atoms with Crippen LogP contribution >= 0.6 is 0 Å². The highest BCUT2D eigenvalue weighted by atomic mass is 14.4. The van der Waals surface area contributed by atoms with Crippen molar-refractivity contribution in [2.75, 3.05) is 0 Å². The molecule has 0 saturated heterocycles. The highest BCUT2D eigenvalue weighted by Gasteiger charge is 2.13. The Labute approximate surface area is 108 Å². The fourth-order valence-electron chi connectivity index (χ4n) is 1.87. The van der Waals surface area contributed by atoms with Crippen LogP contribution in [0, 0.1) is 23.2 Å². The second kappa shape index (κ2) is 8.49. The fourth-order valence-corrected chi connectivity index (χ4v) is 1.87. The maximum absolute atomic E-state index is 7.99. The Morgan fingerprint density at radius 2 is 1.76 bits per heavy atom. The summed E-state index contributed by atoms with van der Waals surface area (Å²) in [5, 5.41) is 7.99. The van der Waals surface area contributed by atoms with Crippen molar-refractivity contribution in [3.05, 3.63) is 11.6 Å². The molecule has 0 aliphatic carbocycles. The first kappa shape index (κ1) is 16.4. The molecule has 0 bridgehead atoms. The monoisotopic (exact) mass is 237 g/mol. The fraction of sp³-hybridized carbons (Fsp3) is 0.812. The third-order valence-electron chi connectivity index (χ3n) is 4.08. The zero-order valence-electron chi connectivity index (χ0n) is 12.6. The third-order valence-corrected chi connectivity index (χ3v) is 4.08. The van der Waals surface area contributed by atoms with Gasteiger partial charge in [-0.05, 0) is 50.4 Å². The van der Waals surface area contributed by atoms with Gasteiger partial charge in [-0.1, -0.05) is 46.3 Å². The second-order valence-electron chi connectivity index (χ2n) is 5.58. The first-order chi connectivity index (χ1) is 7.92. The maximum Gasteiger partial charge on any atom is 0.0117 e. The lowest BCUT2D eigenvalue weighted by Gasteiger charge is -2.19. The highest BCUT2D eigenvalue weighted by molar-refractivity contribution is 5.83. The van der Waals surface area contributed by atoms with Crippen LogP contribution in [0.15, 0.2) is 11.6 Å². The number of hydrogen-bond acceptors (Lipinski definition) is 1. The van der Waals surface area contributed by atoms with Gasteiger partial charge in [0.05, 0.1) is 0 Å². The van der Waals surface area contributed by atoms with Crippen LogP contribution in [-0.4, -0.2) is 5.71 Å². The van der Waals surface area contributed by atoms with Crippen molar-refractivity contribution in [3.63, 3.8) is 0 Å². The molecule has 1 nitrogen and oxygen atoms in total. The van der Waals surface area contributed by atoms with Crippen LogP contribution in [-0.2, 0) is 0 Å². The highest BCUT2D eigenvalue weighted by Crippen LogP contribution is 2.21. The smallest absolute Gasteiger partial charge is 0.0117 e. The standard InChI is InChI=1S/C16H31N/c1-7-12(3)11-15(6)14(5)9-10-16(17)13(4)8-2/h11,13-15,17H,7-10H2,1-6H3. The molecule has 0 radical (unpaired) electrons. The van der Waals surface area contributed by atoms with Crippen LogP contribution in [0.1, 0.15) is 67.2 Å². The molecule has 1 heteroatoms. The minimum absolute atomic E-state index is 0.463. The van der Waals surface area contributed by atoms with E-state index in [4.69, 9.17) is 5.41 Å². The van der Waals surface area contributed by atoms with Crippen LogP contribution in [0.5, 0.6) is 0 Å². The average Bonchev–Trinajstić information content (AvgIpc) is 2.33. The molecule has 3 atom stereocenters. The summed E-state index contributed by atoms with van der Waals surface area (Å²) in [6, 6.07) is 0. The van der Waals surface area contributed by atoms with Gasteiger partial charge in [0.15, 0.2) is 0 Å². The maximum atomic E-state index is 7.99. The molecular formula is C16H31N. The van der Waals surface area contributed by atoms with Crippen molar-refractivity contribution in [1.29, 1.82) is 5.41 Å². The van der Waals surface area contributed by atoms with Gasteiger partial charge in [0.2, 0.25) is 0 Å². The van der Waals surface area contributed by atoms with E-state index in [1.165, 1.54) is 5.57 Å². The molecule has 0 aliphatic heterocycles. The number of allylic oxidation sites excluding steroid dienone is 2. The number of hydrogen-bond donors (Lipinski definition) is 1. The molecule has 0 heterocycles. The van der Waals surface area contributed by atoms with Gasteiger partial charge in [0.1, 0.15) is 0 Å². The molecule has 0 aromatic carbocycles. The van der Waals surface area contributed by atoms with Gasteiger partial charge in [-0.15, -0.1) is 0 Å². The molecule has 3 unspecified atom stereocenters. The molecule has 0 amide bonds. The van der Waals surface area contributed by atoms with Gasteiger partial charge < -0.3 is 5.41 Å². The summed E-state index contributed by atoms with van der Waals surface area (Å²) in [5.41, 5.74) is 2.42. The molecule has 0 aromatic rings. The summed E-state index contributed by atoms with van der Waals surface area (Å²) < 4.78 is 0. The summed E-state index contributed by atoms with van der Waals surface area (Å²) >= 11 is 0. The Bertz CT molecular complexity index is 252. The van der Waals surface area contributed by atoms with Crippen molar-refractivity contribution < 1.29 is 0 Å². The molecule has 0 aliphatic rings. The Morgan fingerprint density at radius 3 is 2.24 bits per heavy atom. The molecular weight excluding hydrogens is 206 g/mol. The minimum Gasteiger partial charge on any atom is -0.309 e. The van der Waals surface area contributed by atoms with Gasteiger partial charge in [0, 0.05) is 5.71 Å². The van der Waals surface area contributed by atoms with E-state index < -0.39 is 0 Å². The molecule has 0 saturated carbocycles. The van der Waals surface area contributed by atoms with Gasteiger partial charge >= 0.3 is 0 Å². The quantitative estimate of drug-likeness (QED) is 0.428. The van der Waals surface area contributed by atoms with Gasteiger partial charge in [0.25, 0.3) is 0 Å². The van der Waals surface area contributed by atoms with Gasteiger partial charge in [-0.3, -0.25) is 0 Å². The van der Waals surface area contributed by atoms with Gasteiger partial charge in [-0.25, -0.2) is 0 Å². The van der Waals surface area contributed by atoms with Crippen molar-refractivity contribution in [1.82, 2.24) is 0 Å². The number of nitrogens with one attached hydrogen (secondary N) is 1. The Morgan fingerprint density at radius 1 is 1.18 bits per heavy atom. The van der Waals surface area contributed by atoms with E-state index in [9.17, 15) is 0 Å². The first-order valence-corrected chi connectivity index (χ1v) is 7.16. The minimum atomic E-state index is 0.463. The summed E-state index contributed by atoms with van der Waals surface area (Å²) in [6.07, 6.45) is 6.77. The summed E-state index contributed by atoms with van der Waals surface area (Å²) in [5.74, 6) is 1.78. The van der Waals surface area contributed by atoms with Crippen LogP contribution in [0.4, 0.5) is 0 Å². The lowest BCUT2D eigenvalue weighted by atomic mass is 9.87. The molecule has 0 spiro atoms. The lowest BCUT2D eigenvalue weighted by molar-refractivity contribution is 0.430. The molecule has 17 heavy (non-hydrogen) atoms. The summed E-state index contributed by atoms with van der Waals surface area (Å²) in [6.45, 7) is 13.4. The van der Waals surface area contributed by atoms with Crippen molar-refractivity contribution in [3.8, 4) is 0 Å². The Balaban J connectivity index is 4.09. The lowest BCUT2D eigenvalue weighted by Crippen LogP contribution is -2.13. The predicted molar refractivity (Wildman–Crippen MR) is 78.8 cm³/mol. The van der Waals surface area contributed by atoms with E-state index in [0.717, 1.165) is 31.4 Å². The summed E-state index contributed by atoms with van der Waals surface area (Å²) in [7, 11) is 0. The molecule has 0 aromatic heterocycles. The van der Waals surface area contributed by atoms with Gasteiger partial charge in [-0.2, -0.15) is 0 Å². The van der Waals surface area contributed by atoms with Crippen LogP contribution in [0.25, 0.3) is 0 Å². The van der Waals surface area contributed by atoms with E-state index in [1.807, 2.05) is 0 Å². The average molecular weight is 237 g/mol. The topological polar surface area (TPSA) is 23.9 Å². The normalized spacial score (nSPS) is 17.6. The second-order valence-corrected chi connectivity index (χ2v) is 5.58. The third kappa shape index (κ3) is 6.65. The van der Waals surface area contributed by atoms with Crippen molar-refractivity contribution in [2.24, 2.45) is 17.8 Å². The van der Waals surface area contributed by atoms with Crippen molar-refractivity contribution in [2.45, 2.75) is 67.2 Å².